The number of carbonyl (C=O) groups is 1. The summed E-state index contributed by atoms with van der Waals surface area (Å²) in [6.45, 7) is 2.18. The maximum absolute atomic E-state index is 15.4. The Balaban J connectivity index is 1.81. The zero-order valence-corrected chi connectivity index (χ0v) is 22.8. The van der Waals surface area contributed by atoms with Crippen molar-refractivity contribution in [3.8, 4) is 29.3 Å². The van der Waals surface area contributed by atoms with Crippen LogP contribution in [0.15, 0.2) is 48.7 Å². The normalized spacial score (nSPS) is 15.1. The molecular formula is C28H24ClFN6O4. The topological polar surface area (TPSA) is 115 Å². The van der Waals surface area contributed by atoms with Gasteiger partial charge in [-0.05, 0) is 36.8 Å². The average Bonchev–Trinajstić information content (AvgIpc) is 3.49. The molecule has 1 unspecified atom stereocenters. The molecule has 1 aliphatic heterocycles. The maximum Gasteiger partial charge on any atom is 0.319 e. The number of methoxy groups -OCH3 is 3. The van der Waals surface area contributed by atoms with Gasteiger partial charge in [0.2, 0.25) is 5.88 Å². The van der Waals surface area contributed by atoms with E-state index in [0.717, 1.165) is 0 Å². The van der Waals surface area contributed by atoms with Gasteiger partial charge in [-0.1, -0.05) is 29.8 Å². The molecule has 2 aromatic carbocycles. The van der Waals surface area contributed by atoms with Crippen LogP contribution in [0, 0.1) is 17.1 Å². The Labute approximate surface area is 234 Å². The van der Waals surface area contributed by atoms with Gasteiger partial charge < -0.3 is 18.8 Å². The number of benzene rings is 2. The Morgan fingerprint density at radius 3 is 2.52 bits per heavy atom. The van der Waals surface area contributed by atoms with Crippen LogP contribution < -0.4 is 14.4 Å². The average molecular weight is 563 g/mol. The van der Waals surface area contributed by atoms with Crippen molar-refractivity contribution in [2.24, 2.45) is 0 Å². The molecule has 2 aromatic heterocycles. The fourth-order valence-electron chi connectivity index (χ4n) is 4.90. The van der Waals surface area contributed by atoms with Gasteiger partial charge in [0.25, 0.3) is 5.91 Å². The number of anilines is 1. The Morgan fingerprint density at radius 1 is 1.12 bits per heavy atom. The number of halogens is 2. The monoisotopic (exact) mass is 562 g/mol. The third-order valence-electron chi connectivity index (χ3n) is 6.63. The van der Waals surface area contributed by atoms with Crippen molar-refractivity contribution in [3.05, 3.63) is 82.0 Å². The lowest BCUT2D eigenvalue weighted by atomic mass is 10.0. The van der Waals surface area contributed by atoms with Crippen molar-refractivity contribution < 1.29 is 23.4 Å². The minimum Gasteiger partial charge on any atom is -0.480 e. The molecule has 0 radical (unpaired) electrons. The van der Waals surface area contributed by atoms with Crippen LogP contribution in [0.2, 0.25) is 5.02 Å². The third kappa shape index (κ3) is 4.41. The second-order valence-electron chi connectivity index (χ2n) is 9.01. The van der Waals surface area contributed by atoms with E-state index in [-0.39, 0.29) is 40.9 Å². The van der Waals surface area contributed by atoms with E-state index in [9.17, 15) is 10.1 Å². The molecule has 12 heteroatoms. The Bertz CT molecular complexity index is 1640. The molecule has 204 valence electrons. The summed E-state index contributed by atoms with van der Waals surface area (Å²) in [6.07, 6.45) is 1.51. The summed E-state index contributed by atoms with van der Waals surface area (Å²) < 4.78 is 33.4. The van der Waals surface area contributed by atoms with Gasteiger partial charge in [0.1, 0.15) is 11.9 Å². The summed E-state index contributed by atoms with van der Waals surface area (Å²) in [5, 5.41) is 9.22. The minimum absolute atomic E-state index is 0.00251. The predicted molar refractivity (Wildman–Crippen MR) is 144 cm³/mol. The molecule has 0 bridgehead atoms. The number of hydrogen-bond donors (Lipinski definition) is 0. The molecule has 5 rings (SSSR count). The highest BCUT2D eigenvalue weighted by Gasteiger charge is 2.46. The summed E-state index contributed by atoms with van der Waals surface area (Å²) in [5.74, 6) is -0.694. The van der Waals surface area contributed by atoms with Gasteiger partial charge in [-0.3, -0.25) is 9.69 Å². The van der Waals surface area contributed by atoms with E-state index in [1.54, 1.807) is 37.4 Å². The van der Waals surface area contributed by atoms with E-state index in [4.69, 9.17) is 30.8 Å². The number of imidazole rings is 1. The van der Waals surface area contributed by atoms with Crippen molar-refractivity contribution in [3.63, 3.8) is 0 Å². The van der Waals surface area contributed by atoms with Gasteiger partial charge in [0.15, 0.2) is 11.5 Å². The third-order valence-corrected chi connectivity index (χ3v) is 6.92. The Kier molecular flexibility index (Phi) is 7.38. The number of rotatable bonds is 8. The molecule has 10 nitrogen and oxygen atoms in total. The van der Waals surface area contributed by atoms with E-state index in [1.807, 2.05) is 11.5 Å². The minimum atomic E-state index is -0.811. The highest BCUT2D eigenvalue weighted by molar-refractivity contribution is 6.31. The molecule has 0 saturated heterocycles. The lowest BCUT2D eigenvalue weighted by Gasteiger charge is -2.29. The van der Waals surface area contributed by atoms with Crippen LogP contribution in [0.4, 0.5) is 10.1 Å². The lowest BCUT2D eigenvalue weighted by Crippen LogP contribution is -2.31. The molecule has 0 fully saturated rings. The smallest absolute Gasteiger partial charge is 0.319 e. The van der Waals surface area contributed by atoms with Crippen LogP contribution in [0.1, 0.15) is 46.3 Å². The van der Waals surface area contributed by atoms with Crippen molar-refractivity contribution in [1.82, 2.24) is 19.5 Å². The van der Waals surface area contributed by atoms with Crippen molar-refractivity contribution in [2.45, 2.75) is 19.0 Å². The molecule has 0 N–H and O–H groups in total. The molecule has 0 aliphatic carbocycles. The fraction of sp³-hybridized carbons (Fsp3) is 0.250. The second kappa shape index (κ2) is 10.9. The number of nitriles is 1. The van der Waals surface area contributed by atoms with Crippen LogP contribution in [-0.4, -0.2) is 53.4 Å². The first kappa shape index (κ1) is 27.1. The van der Waals surface area contributed by atoms with E-state index in [1.165, 1.54) is 37.4 Å². The quantitative estimate of drug-likeness (QED) is 0.295. The van der Waals surface area contributed by atoms with E-state index in [2.05, 4.69) is 16.0 Å². The first-order valence-corrected chi connectivity index (χ1v) is 12.6. The number of ether oxygens (including phenoxy) is 3. The largest absolute Gasteiger partial charge is 0.480 e. The first-order chi connectivity index (χ1) is 19.3. The SMILES string of the molecule is COC[C@@H](C)n1c(-c2cnc(OC)nc2OC)nc2c1C(c1ccc(C#N)cc1)N(c1cccc(Cl)c1F)C2=O. The first-order valence-electron chi connectivity index (χ1n) is 12.2. The van der Waals surface area contributed by atoms with Gasteiger partial charge >= 0.3 is 6.01 Å². The summed E-state index contributed by atoms with van der Waals surface area (Å²) in [7, 11) is 4.47. The highest BCUT2D eigenvalue weighted by Crippen LogP contribution is 2.46. The summed E-state index contributed by atoms with van der Waals surface area (Å²) in [4.78, 5) is 28.7. The molecule has 1 aliphatic rings. The molecule has 1 amide bonds. The molecule has 3 heterocycles. The van der Waals surface area contributed by atoms with Crippen LogP contribution in [0.3, 0.4) is 0 Å². The van der Waals surface area contributed by atoms with Gasteiger partial charge in [0, 0.05) is 13.3 Å². The second-order valence-corrected chi connectivity index (χ2v) is 9.41. The molecule has 40 heavy (non-hydrogen) atoms. The molecule has 4 aromatic rings. The van der Waals surface area contributed by atoms with Crippen LogP contribution >= 0.6 is 11.6 Å². The number of aromatic nitrogens is 4. The standard InChI is InChI=1S/C28H24ClFN6O4/c1-15(14-38-2)35-24-22(33-25(35)18-13-32-28(40-4)34-26(18)39-3)27(37)36(20-7-5-6-19(29)21(20)30)23(24)17-10-8-16(12-31)9-11-17/h5-11,13,15,23H,14H2,1-4H3/t15-,23?/m1/s1. The Morgan fingerprint density at radius 2 is 1.88 bits per heavy atom. The van der Waals surface area contributed by atoms with Crippen LogP contribution in [0.25, 0.3) is 11.4 Å². The molecule has 2 atom stereocenters. The van der Waals surface area contributed by atoms with E-state index >= 15 is 4.39 Å². The summed E-state index contributed by atoms with van der Waals surface area (Å²) in [6, 6.07) is 12.3. The lowest BCUT2D eigenvalue weighted by molar-refractivity contribution is 0.0988. The summed E-state index contributed by atoms with van der Waals surface area (Å²) >= 11 is 6.12. The number of hydrogen-bond acceptors (Lipinski definition) is 8. The highest BCUT2D eigenvalue weighted by atomic mass is 35.5. The number of carbonyl (C=O) groups excluding carboxylic acids is 1. The van der Waals surface area contributed by atoms with Gasteiger partial charge in [-0.2, -0.15) is 10.2 Å². The predicted octanol–water partition coefficient (Wildman–Crippen LogP) is 4.98. The number of fused-ring (bicyclic) bond motifs is 1. The van der Waals surface area contributed by atoms with Gasteiger partial charge in [-0.15, -0.1) is 0 Å². The molecule has 0 spiro atoms. The summed E-state index contributed by atoms with van der Waals surface area (Å²) in [5.41, 5.74) is 2.13. The fourth-order valence-corrected chi connectivity index (χ4v) is 5.07. The Hall–Kier alpha value is -4.53. The van der Waals surface area contributed by atoms with Gasteiger partial charge in [0.05, 0.1) is 60.5 Å². The van der Waals surface area contributed by atoms with E-state index < -0.39 is 17.8 Å². The number of nitrogens with zero attached hydrogens (tertiary/aromatic N) is 6. The molecular weight excluding hydrogens is 539 g/mol. The van der Waals surface area contributed by atoms with Crippen LogP contribution in [0.5, 0.6) is 11.9 Å². The van der Waals surface area contributed by atoms with Crippen molar-refractivity contribution >= 4 is 23.2 Å². The van der Waals surface area contributed by atoms with Crippen molar-refractivity contribution in [2.75, 3.05) is 32.8 Å². The maximum atomic E-state index is 15.4. The van der Waals surface area contributed by atoms with Crippen LogP contribution in [-0.2, 0) is 4.74 Å². The van der Waals surface area contributed by atoms with Crippen molar-refractivity contribution in [1.29, 1.82) is 5.26 Å². The zero-order valence-electron chi connectivity index (χ0n) is 22.1. The number of amides is 1. The van der Waals surface area contributed by atoms with Gasteiger partial charge in [-0.25, -0.2) is 14.4 Å². The molecule has 0 saturated carbocycles. The zero-order chi connectivity index (χ0) is 28.6. The van der Waals surface area contributed by atoms with E-state index in [0.29, 0.717) is 28.2 Å².